The zero-order valence-electron chi connectivity index (χ0n) is 3.71. The Hall–Kier alpha value is 0.668. The summed E-state index contributed by atoms with van der Waals surface area (Å²) < 4.78 is 18.0. The zero-order chi connectivity index (χ0) is 5.15. The van der Waals surface area contributed by atoms with Gasteiger partial charge in [0, 0.05) is 0 Å². The molecule has 0 aromatic carbocycles. The van der Waals surface area contributed by atoms with Crippen LogP contribution in [0.4, 0.5) is 0 Å². The Balaban J connectivity index is 3.26. The summed E-state index contributed by atoms with van der Waals surface area (Å²) in [6.45, 7) is 0. The molecule has 38 valence electrons. The van der Waals surface area contributed by atoms with E-state index < -0.39 is 22.8 Å². The minimum atomic E-state index is -1.47. The van der Waals surface area contributed by atoms with Crippen LogP contribution >= 0.6 is 0 Å². The van der Waals surface area contributed by atoms with Gasteiger partial charge in [-0.05, 0) is 0 Å². The zero-order valence-corrected chi connectivity index (χ0v) is 6.40. The summed E-state index contributed by atoms with van der Waals surface area (Å²) >= 11 is -1.27. The van der Waals surface area contributed by atoms with Crippen molar-refractivity contribution < 1.29 is 8.76 Å². The molecule has 0 bridgehead atoms. The fourth-order valence-electron chi connectivity index (χ4n) is 0. The van der Waals surface area contributed by atoms with Crippen molar-refractivity contribution in [3.63, 3.8) is 0 Å². The molecule has 1 unspecified atom stereocenters. The van der Waals surface area contributed by atoms with Crippen molar-refractivity contribution in [2.75, 3.05) is 0 Å². The first-order valence-electron chi connectivity index (χ1n) is 1.43. The third-order valence-electron chi connectivity index (χ3n) is 0.312. The van der Waals surface area contributed by atoms with Crippen LogP contribution in [0.5, 0.6) is 0 Å². The summed E-state index contributed by atoms with van der Waals surface area (Å²) in [6.07, 6.45) is 0. The van der Waals surface area contributed by atoms with Gasteiger partial charge in [-0.3, -0.25) is 0 Å². The van der Waals surface area contributed by atoms with Crippen molar-refractivity contribution in [3.8, 4) is 0 Å². The second-order valence-electron chi connectivity index (χ2n) is 1.04. The van der Waals surface area contributed by atoms with Crippen LogP contribution in [0.3, 0.4) is 0 Å². The molecule has 0 aliphatic heterocycles. The van der Waals surface area contributed by atoms with Crippen molar-refractivity contribution in [2.45, 2.75) is 11.4 Å². The number of hydrogen-bond donors (Lipinski definition) is 1. The van der Waals surface area contributed by atoms with Crippen molar-refractivity contribution in [1.29, 1.82) is 0 Å². The SMILES string of the molecule is C[As](C)S(=O)O. The molecule has 2 nitrogen and oxygen atoms in total. The van der Waals surface area contributed by atoms with Crippen LogP contribution in [0, 0.1) is 0 Å². The Kier molecular flexibility index (Phi) is 3.09. The van der Waals surface area contributed by atoms with E-state index in [2.05, 4.69) is 0 Å². The Bertz CT molecular complexity index is 62.6. The van der Waals surface area contributed by atoms with Gasteiger partial charge in [0.25, 0.3) is 0 Å². The van der Waals surface area contributed by atoms with Crippen LogP contribution in [0.2, 0.25) is 11.4 Å². The second kappa shape index (κ2) is 2.78. The summed E-state index contributed by atoms with van der Waals surface area (Å²) in [5.41, 5.74) is 3.67. The molecule has 0 fully saturated rings. The summed E-state index contributed by atoms with van der Waals surface area (Å²) in [5, 5.41) is 0. The molecule has 0 aliphatic rings. The molecule has 0 saturated heterocycles. The summed E-state index contributed by atoms with van der Waals surface area (Å²) in [6, 6.07) is 0. The predicted octanol–water partition coefficient (Wildman–Crippen LogP) is 0.459. The van der Waals surface area contributed by atoms with E-state index in [1.54, 1.807) is 0 Å². The Morgan fingerprint density at radius 3 is 1.83 bits per heavy atom. The van der Waals surface area contributed by atoms with E-state index in [1.165, 1.54) is 0 Å². The van der Waals surface area contributed by atoms with Crippen LogP contribution in [-0.2, 0) is 9.34 Å². The van der Waals surface area contributed by atoms with E-state index in [-0.39, 0.29) is 0 Å². The van der Waals surface area contributed by atoms with Gasteiger partial charge in [-0.25, -0.2) is 0 Å². The average molecular weight is 170 g/mol. The Morgan fingerprint density at radius 1 is 1.67 bits per heavy atom. The van der Waals surface area contributed by atoms with Gasteiger partial charge < -0.3 is 0 Å². The fourth-order valence-corrected chi connectivity index (χ4v) is 0. The number of rotatable bonds is 1. The molecule has 1 atom stereocenters. The molecule has 0 spiro atoms. The third kappa shape index (κ3) is 2.88. The molecule has 6 heavy (non-hydrogen) atoms. The van der Waals surface area contributed by atoms with E-state index in [9.17, 15) is 4.21 Å². The molecule has 0 aromatic heterocycles. The first-order chi connectivity index (χ1) is 2.64. The van der Waals surface area contributed by atoms with Crippen LogP contribution in [0.15, 0.2) is 0 Å². The van der Waals surface area contributed by atoms with Crippen molar-refractivity contribution in [2.24, 2.45) is 0 Å². The Morgan fingerprint density at radius 2 is 1.83 bits per heavy atom. The molecule has 0 rings (SSSR count). The summed E-state index contributed by atoms with van der Waals surface area (Å²) in [5.74, 6) is 0. The molecule has 0 aliphatic carbocycles. The topological polar surface area (TPSA) is 37.3 Å². The van der Waals surface area contributed by atoms with Crippen LogP contribution in [0.25, 0.3) is 0 Å². The first kappa shape index (κ1) is 6.67. The molecule has 0 heterocycles. The third-order valence-corrected chi connectivity index (χ3v) is 4.87. The van der Waals surface area contributed by atoms with Gasteiger partial charge in [0.15, 0.2) is 0 Å². The molecule has 4 heteroatoms. The Labute approximate surface area is 43.5 Å². The molecular weight excluding hydrogens is 163 g/mol. The van der Waals surface area contributed by atoms with Crippen molar-refractivity contribution >= 4 is 22.8 Å². The molecule has 0 amide bonds. The molecule has 0 radical (unpaired) electrons. The van der Waals surface area contributed by atoms with Gasteiger partial charge in [-0.15, -0.1) is 0 Å². The van der Waals surface area contributed by atoms with Crippen LogP contribution in [0.1, 0.15) is 0 Å². The second-order valence-corrected chi connectivity index (χ2v) is 10.7. The molecule has 0 aromatic rings. The maximum absolute atomic E-state index is 9.88. The van der Waals surface area contributed by atoms with Gasteiger partial charge in [-0.2, -0.15) is 0 Å². The van der Waals surface area contributed by atoms with E-state index in [1.807, 2.05) is 11.4 Å². The number of hydrogen-bond acceptors (Lipinski definition) is 1. The normalized spacial score (nSPS) is 15.3. The quantitative estimate of drug-likeness (QED) is 0.458. The summed E-state index contributed by atoms with van der Waals surface area (Å²) in [4.78, 5) is 0. The predicted molar refractivity (Wildman–Crippen MR) is 28.3 cm³/mol. The first-order valence-corrected chi connectivity index (χ1v) is 8.54. The van der Waals surface area contributed by atoms with E-state index in [0.717, 1.165) is 0 Å². The van der Waals surface area contributed by atoms with Crippen molar-refractivity contribution in [3.05, 3.63) is 0 Å². The van der Waals surface area contributed by atoms with Gasteiger partial charge in [0.1, 0.15) is 0 Å². The van der Waals surface area contributed by atoms with Crippen LogP contribution < -0.4 is 0 Å². The van der Waals surface area contributed by atoms with E-state index in [4.69, 9.17) is 4.55 Å². The van der Waals surface area contributed by atoms with E-state index >= 15 is 0 Å². The average Bonchev–Trinajstić information content (AvgIpc) is 1.36. The van der Waals surface area contributed by atoms with Gasteiger partial charge >= 0.3 is 43.0 Å². The fraction of sp³-hybridized carbons (Fsp3) is 1.00. The van der Waals surface area contributed by atoms with E-state index in [0.29, 0.717) is 0 Å². The minimum absolute atomic E-state index is 1.27. The molecular formula is C2H7AsO2S. The van der Waals surface area contributed by atoms with Crippen molar-refractivity contribution in [1.82, 2.24) is 0 Å². The maximum atomic E-state index is 9.88. The molecule has 0 saturated carbocycles. The summed E-state index contributed by atoms with van der Waals surface area (Å²) in [7, 11) is -1.47. The monoisotopic (exact) mass is 170 g/mol. The standard InChI is InChI=1S/C2H7AsO2S/c1-3(2)6(4)5/h1-2H3,(H,4,5). The van der Waals surface area contributed by atoms with Gasteiger partial charge in [-0.1, -0.05) is 0 Å². The van der Waals surface area contributed by atoms with Gasteiger partial charge in [0.05, 0.1) is 0 Å². The molecule has 1 N–H and O–H groups in total. The van der Waals surface area contributed by atoms with Crippen LogP contribution in [-0.4, -0.2) is 22.3 Å². The van der Waals surface area contributed by atoms with Gasteiger partial charge in [0.2, 0.25) is 0 Å².